The number of thiophene rings is 1. The molecule has 2 aromatic rings. The number of rotatable bonds is 6. The Balaban J connectivity index is 0.00000264. The van der Waals surface area contributed by atoms with E-state index in [1.165, 1.54) is 17.0 Å². The fourth-order valence-electron chi connectivity index (χ4n) is 1.90. The minimum Gasteiger partial charge on any atom is -0.356 e. The van der Waals surface area contributed by atoms with Crippen molar-refractivity contribution in [2.45, 2.75) is 13.0 Å². The molecule has 0 saturated heterocycles. The first kappa shape index (κ1) is 19.4. The van der Waals surface area contributed by atoms with Gasteiger partial charge in [-0.3, -0.25) is 15.1 Å². The maximum atomic E-state index is 10.6. The molecule has 1 heterocycles. The molecule has 0 radical (unpaired) electrons. The van der Waals surface area contributed by atoms with E-state index in [0.717, 1.165) is 24.5 Å². The highest BCUT2D eigenvalue weighted by atomic mass is 127. The maximum Gasteiger partial charge on any atom is 0.269 e. The van der Waals surface area contributed by atoms with E-state index in [1.807, 2.05) is 6.07 Å². The summed E-state index contributed by atoms with van der Waals surface area (Å²) in [6.45, 7) is 1.37. The van der Waals surface area contributed by atoms with Gasteiger partial charge in [-0.25, -0.2) is 0 Å². The number of guanidine groups is 1. The second-order valence-electron chi connectivity index (χ2n) is 4.61. The number of benzene rings is 1. The lowest BCUT2D eigenvalue weighted by molar-refractivity contribution is -0.384. The van der Waals surface area contributed by atoms with Crippen LogP contribution in [0.4, 0.5) is 5.69 Å². The van der Waals surface area contributed by atoms with Gasteiger partial charge in [-0.05, 0) is 23.4 Å². The minimum absolute atomic E-state index is 0. The third kappa shape index (κ3) is 6.53. The summed E-state index contributed by atoms with van der Waals surface area (Å²) < 4.78 is 0. The number of halogens is 1. The first-order chi connectivity index (χ1) is 10.7. The summed E-state index contributed by atoms with van der Waals surface area (Å²) in [5.74, 6) is 0.718. The molecule has 0 fully saturated rings. The Bertz CT molecular complexity index is 629. The van der Waals surface area contributed by atoms with Gasteiger partial charge < -0.3 is 10.6 Å². The van der Waals surface area contributed by atoms with E-state index in [-0.39, 0.29) is 29.7 Å². The predicted octanol–water partition coefficient (Wildman–Crippen LogP) is 3.18. The number of nitrogens with zero attached hydrogens (tertiary/aromatic N) is 2. The van der Waals surface area contributed by atoms with Crippen LogP contribution in [-0.2, 0) is 13.0 Å². The van der Waals surface area contributed by atoms with Crippen LogP contribution in [0.15, 0.2) is 46.8 Å². The van der Waals surface area contributed by atoms with Crippen molar-refractivity contribution in [2.75, 3.05) is 13.6 Å². The Hall–Kier alpha value is -1.68. The average molecular weight is 446 g/mol. The Morgan fingerprint density at radius 1 is 1.26 bits per heavy atom. The molecule has 8 heteroatoms. The Morgan fingerprint density at radius 3 is 2.57 bits per heavy atom. The van der Waals surface area contributed by atoms with Crippen LogP contribution < -0.4 is 10.6 Å². The summed E-state index contributed by atoms with van der Waals surface area (Å²) in [7, 11) is 1.72. The van der Waals surface area contributed by atoms with Crippen LogP contribution >= 0.6 is 35.3 Å². The molecule has 124 valence electrons. The van der Waals surface area contributed by atoms with Gasteiger partial charge in [0.05, 0.1) is 4.92 Å². The summed E-state index contributed by atoms with van der Waals surface area (Å²) in [4.78, 5) is 15.7. The topological polar surface area (TPSA) is 79.6 Å². The average Bonchev–Trinajstić information content (AvgIpc) is 3.04. The number of nitro groups is 1. The number of hydrogen-bond acceptors (Lipinski definition) is 4. The van der Waals surface area contributed by atoms with E-state index < -0.39 is 4.92 Å². The lowest BCUT2D eigenvalue weighted by Gasteiger charge is -2.11. The van der Waals surface area contributed by atoms with Crippen LogP contribution in [-0.4, -0.2) is 24.5 Å². The van der Waals surface area contributed by atoms with E-state index in [9.17, 15) is 10.1 Å². The fraction of sp³-hybridized carbons (Fsp3) is 0.267. The second-order valence-corrected chi connectivity index (χ2v) is 5.64. The first-order valence-corrected chi connectivity index (χ1v) is 7.77. The molecule has 0 bridgehead atoms. The van der Waals surface area contributed by atoms with E-state index in [1.54, 1.807) is 30.5 Å². The van der Waals surface area contributed by atoms with E-state index in [0.29, 0.717) is 6.54 Å². The highest BCUT2D eigenvalue weighted by Crippen LogP contribution is 2.11. The zero-order chi connectivity index (χ0) is 15.8. The summed E-state index contributed by atoms with van der Waals surface area (Å²) in [5.41, 5.74) is 1.06. The molecule has 0 atom stereocenters. The molecule has 23 heavy (non-hydrogen) atoms. The number of hydrogen-bond donors (Lipinski definition) is 2. The smallest absolute Gasteiger partial charge is 0.269 e. The van der Waals surface area contributed by atoms with Gasteiger partial charge in [0.1, 0.15) is 0 Å². The summed E-state index contributed by atoms with van der Waals surface area (Å²) in [6, 6.07) is 10.6. The van der Waals surface area contributed by atoms with Crippen molar-refractivity contribution in [3.8, 4) is 0 Å². The Morgan fingerprint density at radius 2 is 2.00 bits per heavy atom. The van der Waals surface area contributed by atoms with Gasteiger partial charge >= 0.3 is 0 Å². The third-order valence-corrected chi connectivity index (χ3v) is 4.01. The third-order valence-electron chi connectivity index (χ3n) is 3.07. The molecule has 0 aliphatic rings. The van der Waals surface area contributed by atoms with Crippen molar-refractivity contribution in [1.29, 1.82) is 0 Å². The van der Waals surface area contributed by atoms with Crippen LogP contribution in [0.5, 0.6) is 0 Å². The highest BCUT2D eigenvalue weighted by Gasteiger charge is 2.04. The van der Waals surface area contributed by atoms with E-state index in [4.69, 9.17) is 0 Å². The van der Waals surface area contributed by atoms with Crippen molar-refractivity contribution >= 4 is 47.0 Å². The van der Waals surface area contributed by atoms with Crippen LogP contribution in [0.25, 0.3) is 0 Å². The maximum absolute atomic E-state index is 10.6. The monoisotopic (exact) mass is 446 g/mol. The van der Waals surface area contributed by atoms with E-state index in [2.05, 4.69) is 27.1 Å². The van der Waals surface area contributed by atoms with Gasteiger partial charge in [-0.15, -0.1) is 35.3 Å². The van der Waals surface area contributed by atoms with Gasteiger partial charge in [0, 0.05) is 37.1 Å². The molecule has 2 N–H and O–H groups in total. The molecule has 0 saturated carbocycles. The molecule has 0 amide bonds. The Kier molecular flexibility index (Phi) is 8.56. The van der Waals surface area contributed by atoms with Crippen molar-refractivity contribution in [2.24, 2.45) is 4.99 Å². The molecule has 0 unspecified atom stereocenters. The standard InChI is InChI=1S/C15H18N4O2S.HI/c1-16-15(17-9-8-14-3-2-10-22-14)18-11-12-4-6-13(7-5-12)19(20)21;/h2-7,10H,8-9,11H2,1H3,(H2,16,17,18);1H. The Labute approximate surface area is 156 Å². The summed E-state index contributed by atoms with van der Waals surface area (Å²) in [5, 5.41) is 19.1. The first-order valence-electron chi connectivity index (χ1n) is 6.89. The molecule has 0 spiro atoms. The zero-order valence-corrected chi connectivity index (χ0v) is 15.8. The number of nitro benzene ring substituents is 1. The van der Waals surface area contributed by atoms with Crippen molar-refractivity contribution in [3.05, 3.63) is 62.3 Å². The minimum atomic E-state index is -0.401. The molecule has 6 nitrogen and oxygen atoms in total. The normalized spacial score (nSPS) is 10.7. The van der Waals surface area contributed by atoms with Crippen molar-refractivity contribution in [3.63, 3.8) is 0 Å². The summed E-state index contributed by atoms with van der Waals surface area (Å²) >= 11 is 1.74. The second kappa shape index (κ2) is 10.2. The van der Waals surface area contributed by atoms with Crippen LogP contribution in [0.2, 0.25) is 0 Å². The van der Waals surface area contributed by atoms with Gasteiger partial charge in [-0.1, -0.05) is 18.2 Å². The van der Waals surface area contributed by atoms with E-state index >= 15 is 0 Å². The number of non-ortho nitro benzene ring substituents is 1. The van der Waals surface area contributed by atoms with Crippen LogP contribution in [0.3, 0.4) is 0 Å². The molecule has 1 aromatic carbocycles. The van der Waals surface area contributed by atoms with Crippen LogP contribution in [0.1, 0.15) is 10.4 Å². The van der Waals surface area contributed by atoms with Crippen molar-refractivity contribution in [1.82, 2.24) is 10.6 Å². The largest absolute Gasteiger partial charge is 0.356 e. The SMILES string of the molecule is CN=C(NCCc1cccs1)NCc1ccc([N+](=O)[O-])cc1.I. The van der Waals surface area contributed by atoms with Gasteiger partial charge in [-0.2, -0.15) is 0 Å². The lowest BCUT2D eigenvalue weighted by Crippen LogP contribution is -2.37. The zero-order valence-electron chi connectivity index (χ0n) is 12.7. The van der Waals surface area contributed by atoms with Crippen LogP contribution in [0, 0.1) is 10.1 Å². The molecular weight excluding hydrogens is 427 g/mol. The highest BCUT2D eigenvalue weighted by molar-refractivity contribution is 14.0. The molecule has 0 aliphatic carbocycles. The fourth-order valence-corrected chi connectivity index (χ4v) is 2.61. The molecule has 1 aromatic heterocycles. The quantitative estimate of drug-likeness (QED) is 0.235. The molecular formula is C15H19IN4O2S. The van der Waals surface area contributed by atoms with Gasteiger partial charge in [0.2, 0.25) is 0 Å². The number of aliphatic imine (C=N–C) groups is 1. The summed E-state index contributed by atoms with van der Waals surface area (Å²) in [6.07, 6.45) is 0.954. The molecule has 2 rings (SSSR count). The molecule has 0 aliphatic heterocycles. The number of nitrogens with one attached hydrogen (secondary N) is 2. The lowest BCUT2D eigenvalue weighted by atomic mass is 10.2. The predicted molar refractivity (Wildman–Crippen MR) is 105 cm³/mol. The van der Waals surface area contributed by atoms with Crippen molar-refractivity contribution < 1.29 is 4.92 Å². The van der Waals surface area contributed by atoms with Gasteiger partial charge in [0.25, 0.3) is 5.69 Å². The van der Waals surface area contributed by atoms with Gasteiger partial charge in [0.15, 0.2) is 5.96 Å².